The molecule has 0 aliphatic rings. The first-order chi connectivity index (χ1) is 7.47. The second-order valence-electron chi connectivity index (χ2n) is 4.67. The summed E-state index contributed by atoms with van der Waals surface area (Å²) in [6.07, 6.45) is 1.81. The molecule has 2 heterocycles. The van der Waals surface area contributed by atoms with E-state index in [9.17, 15) is 4.79 Å². The van der Waals surface area contributed by atoms with Crippen LogP contribution in [0.3, 0.4) is 0 Å². The summed E-state index contributed by atoms with van der Waals surface area (Å²) in [5, 5.41) is 4.87. The van der Waals surface area contributed by atoms with E-state index in [1.807, 2.05) is 6.20 Å². The molecule has 3 nitrogen and oxygen atoms in total. The molecule has 0 aliphatic heterocycles. The van der Waals surface area contributed by atoms with Crippen LogP contribution in [-0.2, 0) is 12.0 Å². The summed E-state index contributed by atoms with van der Waals surface area (Å²) in [5.74, 6) is 0. The monoisotopic (exact) mass is 254 g/mol. The van der Waals surface area contributed by atoms with Gasteiger partial charge in [0.2, 0.25) is 0 Å². The Morgan fingerprint density at radius 2 is 2.12 bits per heavy atom. The molecule has 0 bridgehead atoms. The highest BCUT2D eigenvalue weighted by Crippen LogP contribution is 2.24. The van der Waals surface area contributed by atoms with Gasteiger partial charge in [-0.25, -0.2) is 4.98 Å². The molecule has 0 aliphatic carbocycles. The van der Waals surface area contributed by atoms with Crippen LogP contribution in [0.25, 0.3) is 0 Å². The van der Waals surface area contributed by atoms with Crippen molar-refractivity contribution in [2.45, 2.75) is 32.7 Å². The van der Waals surface area contributed by atoms with Gasteiger partial charge < -0.3 is 0 Å². The zero-order chi connectivity index (χ0) is 11.8. The minimum Gasteiger partial charge on any atom is -0.299 e. The van der Waals surface area contributed by atoms with Gasteiger partial charge in [0, 0.05) is 22.4 Å². The molecule has 0 saturated heterocycles. The number of thiazole rings is 2. The molecule has 16 heavy (non-hydrogen) atoms. The molecule has 5 heteroatoms. The Hall–Kier alpha value is -0.940. The second-order valence-corrected chi connectivity index (χ2v) is 6.47. The fraction of sp³-hybridized carbons (Fsp3) is 0.455. The second kappa shape index (κ2) is 4.14. The molecule has 2 aromatic rings. The Labute approximate surface area is 102 Å². The summed E-state index contributed by atoms with van der Waals surface area (Å²) in [5.41, 5.74) is 1.17. The zero-order valence-corrected chi connectivity index (χ0v) is 11.2. The highest BCUT2D eigenvalue weighted by Gasteiger charge is 2.17. The molecule has 0 spiro atoms. The molecule has 2 aromatic heterocycles. The summed E-state index contributed by atoms with van der Waals surface area (Å²) in [6, 6.07) is 0. The lowest BCUT2D eigenvalue weighted by Gasteiger charge is -2.14. The lowest BCUT2D eigenvalue weighted by Crippen LogP contribution is -2.14. The maximum atomic E-state index is 11.4. The minimum absolute atomic E-state index is 0.0764. The van der Waals surface area contributed by atoms with Crippen molar-refractivity contribution in [2.75, 3.05) is 0 Å². The topological polar surface area (TPSA) is 34.9 Å². The van der Waals surface area contributed by atoms with Crippen molar-refractivity contribution in [3.8, 4) is 0 Å². The Morgan fingerprint density at radius 1 is 1.38 bits per heavy atom. The molecule has 86 valence electrons. The average Bonchev–Trinajstić information content (AvgIpc) is 2.76. The molecule has 0 unspecified atom stereocenters. The number of nitrogens with zero attached hydrogens (tertiary/aromatic N) is 2. The van der Waals surface area contributed by atoms with E-state index in [4.69, 9.17) is 0 Å². The van der Waals surface area contributed by atoms with Gasteiger partial charge in [-0.3, -0.25) is 9.36 Å². The van der Waals surface area contributed by atoms with Crippen LogP contribution in [0.4, 0.5) is 0 Å². The third-order valence-corrected chi connectivity index (χ3v) is 3.80. The van der Waals surface area contributed by atoms with Crippen LogP contribution in [-0.4, -0.2) is 9.55 Å². The predicted octanol–water partition coefficient (Wildman–Crippen LogP) is 2.71. The van der Waals surface area contributed by atoms with Crippen LogP contribution < -0.4 is 4.87 Å². The minimum atomic E-state index is 0.0764. The normalized spacial score (nSPS) is 11.9. The number of aromatic nitrogens is 2. The van der Waals surface area contributed by atoms with Gasteiger partial charge in [0.1, 0.15) is 5.01 Å². The average molecular weight is 254 g/mol. The molecule has 0 N–H and O–H groups in total. The summed E-state index contributed by atoms with van der Waals surface area (Å²) in [7, 11) is 0. The summed E-state index contributed by atoms with van der Waals surface area (Å²) >= 11 is 2.84. The van der Waals surface area contributed by atoms with Crippen molar-refractivity contribution in [3.63, 3.8) is 0 Å². The molecule has 0 atom stereocenters. The fourth-order valence-corrected chi connectivity index (χ4v) is 2.89. The van der Waals surface area contributed by atoms with Crippen molar-refractivity contribution in [2.24, 2.45) is 0 Å². The van der Waals surface area contributed by atoms with Crippen LogP contribution in [0.5, 0.6) is 0 Å². The van der Waals surface area contributed by atoms with E-state index >= 15 is 0 Å². The largest absolute Gasteiger partial charge is 0.307 e. The molecular weight excluding hydrogens is 240 g/mol. The smallest absolute Gasteiger partial charge is 0.299 e. The van der Waals surface area contributed by atoms with Crippen molar-refractivity contribution in [1.82, 2.24) is 9.55 Å². The Balaban J connectivity index is 2.21. The van der Waals surface area contributed by atoms with E-state index in [-0.39, 0.29) is 10.3 Å². The van der Waals surface area contributed by atoms with E-state index in [2.05, 4.69) is 31.1 Å². The number of hydrogen-bond donors (Lipinski definition) is 0. The van der Waals surface area contributed by atoms with E-state index in [0.29, 0.717) is 6.54 Å². The third-order valence-electron chi connectivity index (χ3n) is 2.27. The van der Waals surface area contributed by atoms with E-state index in [1.54, 1.807) is 21.3 Å². The van der Waals surface area contributed by atoms with E-state index < -0.39 is 0 Å². The third kappa shape index (κ3) is 2.41. The van der Waals surface area contributed by atoms with Gasteiger partial charge in [-0.2, -0.15) is 0 Å². The lowest BCUT2D eigenvalue weighted by atomic mass is 9.93. The van der Waals surface area contributed by atoms with Crippen LogP contribution in [0.2, 0.25) is 0 Å². The molecule has 0 saturated carbocycles. The predicted molar refractivity (Wildman–Crippen MR) is 68.5 cm³/mol. The van der Waals surface area contributed by atoms with Gasteiger partial charge in [0.25, 0.3) is 0 Å². The standard InChI is InChI=1S/C11H14N2OS2/c1-11(2,3)8-7-16-9(12-8)6-13-4-5-15-10(13)14/h4-5,7H,6H2,1-3H3. The van der Waals surface area contributed by atoms with Gasteiger partial charge in [0.05, 0.1) is 12.2 Å². The zero-order valence-electron chi connectivity index (χ0n) is 9.56. The Morgan fingerprint density at radius 3 is 2.62 bits per heavy atom. The highest BCUT2D eigenvalue weighted by atomic mass is 32.1. The molecule has 2 rings (SSSR count). The van der Waals surface area contributed by atoms with Crippen LogP contribution >= 0.6 is 22.7 Å². The molecule has 0 amide bonds. The van der Waals surface area contributed by atoms with E-state index in [1.165, 1.54) is 11.3 Å². The quantitative estimate of drug-likeness (QED) is 0.826. The Bertz CT molecular complexity index is 530. The van der Waals surface area contributed by atoms with E-state index in [0.717, 1.165) is 10.7 Å². The van der Waals surface area contributed by atoms with Crippen LogP contribution in [0, 0.1) is 0 Å². The molecule has 0 radical (unpaired) electrons. The Kier molecular flexibility index (Phi) is 2.99. The van der Waals surface area contributed by atoms with Gasteiger partial charge in [-0.05, 0) is 0 Å². The number of rotatable bonds is 2. The molecular formula is C11H14N2OS2. The SMILES string of the molecule is CC(C)(C)c1csc(Cn2ccsc2=O)n1. The van der Waals surface area contributed by atoms with Gasteiger partial charge in [0.15, 0.2) is 0 Å². The van der Waals surface area contributed by atoms with Gasteiger partial charge >= 0.3 is 4.87 Å². The van der Waals surface area contributed by atoms with Crippen molar-refractivity contribution in [1.29, 1.82) is 0 Å². The van der Waals surface area contributed by atoms with Crippen molar-refractivity contribution in [3.05, 3.63) is 37.3 Å². The summed E-state index contributed by atoms with van der Waals surface area (Å²) in [6.45, 7) is 7.01. The first-order valence-corrected chi connectivity index (χ1v) is 6.81. The summed E-state index contributed by atoms with van der Waals surface area (Å²) < 4.78 is 1.69. The summed E-state index contributed by atoms with van der Waals surface area (Å²) in [4.78, 5) is 16.0. The van der Waals surface area contributed by atoms with Crippen molar-refractivity contribution < 1.29 is 0 Å². The van der Waals surface area contributed by atoms with Crippen LogP contribution in [0.15, 0.2) is 21.8 Å². The fourth-order valence-electron chi connectivity index (χ4n) is 1.28. The first kappa shape index (κ1) is 11.5. The van der Waals surface area contributed by atoms with Gasteiger partial charge in [-0.15, -0.1) is 11.3 Å². The maximum absolute atomic E-state index is 11.4. The first-order valence-electron chi connectivity index (χ1n) is 5.05. The lowest BCUT2D eigenvalue weighted by molar-refractivity contribution is 0.569. The van der Waals surface area contributed by atoms with Gasteiger partial charge in [-0.1, -0.05) is 32.1 Å². The van der Waals surface area contributed by atoms with Crippen LogP contribution in [0.1, 0.15) is 31.5 Å². The maximum Gasteiger partial charge on any atom is 0.307 e. The highest BCUT2D eigenvalue weighted by molar-refractivity contribution is 7.09. The molecule has 0 aromatic carbocycles. The van der Waals surface area contributed by atoms with Crippen molar-refractivity contribution >= 4 is 22.7 Å². The molecule has 0 fully saturated rings. The number of hydrogen-bond acceptors (Lipinski definition) is 4.